The number of rotatable bonds is 3. The average molecular weight is 395 g/mol. The van der Waals surface area contributed by atoms with Gasteiger partial charge < -0.3 is 4.90 Å². The van der Waals surface area contributed by atoms with E-state index in [2.05, 4.69) is 21.1 Å². The fraction of sp³-hybridized carbons (Fsp3) is 0.167. The Morgan fingerprint density at radius 3 is 2.60 bits per heavy atom. The standard InChI is InChI=1S/C24H21N5O/c1-17-21(15-25-23(27-17)18-8-3-2-4-9-18)24(30)28-16-20(29-13-7-12-26-29)14-19-10-5-6-11-22(19)28/h2-13,15,20H,14,16H2,1H3. The molecule has 3 heterocycles. The van der Waals surface area contributed by atoms with E-state index < -0.39 is 0 Å². The summed E-state index contributed by atoms with van der Waals surface area (Å²) >= 11 is 0. The first-order chi connectivity index (χ1) is 14.7. The molecular weight excluding hydrogens is 374 g/mol. The molecule has 1 aliphatic heterocycles. The second-order valence-electron chi connectivity index (χ2n) is 7.45. The van der Waals surface area contributed by atoms with Gasteiger partial charge in [-0.3, -0.25) is 9.48 Å². The lowest BCUT2D eigenvalue weighted by Crippen LogP contribution is -2.41. The van der Waals surface area contributed by atoms with Gasteiger partial charge in [0.05, 0.1) is 17.3 Å². The van der Waals surface area contributed by atoms with Crippen molar-refractivity contribution in [2.75, 3.05) is 11.4 Å². The number of hydrogen-bond acceptors (Lipinski definition) is 4. The molecule has 0 radical (unpaired) electrons. The first kappa shape index (κ1) is 18.2. The van der Waals surface area contributed by atoms with Crippen molar-refractivity contribution < 1.29 is 4.79 Å². The van der Waals surface area contributed by atoms with Crippen LogP contribution in [0.5, 0.6) is 0 Å². The Bertz CT molecular complexity index is 1190. The SMILES string of the molecule is Cc1nc(-c2ccccc2)ncc1C(=O)N1CC(n2cccn2)Cc2ccccc21. The van der Waals surface area contributed by atoms with Gasteiger partial charge in [-0.15, -0.1) is 0 Å². The first-order valence-corrected chi connectivity index (χ1v) is 9.98. The van der Waals surface area contributed by atoms with Crippen molar-refractivity contribution in [3.8, 4) is 11.4 Å². The summed E-state index contributed by atoms with van der Waals surface area (Å²) in [5.41, 5.74) is 4.20. The van der Waals surface area contributed by atoms with Crippen LogP contribution >= 0.6 is 0 Å². The molecular formula is C24H21N5O. The van der Waals surface area contributed by atoms with Crippen molar-refractivity contribution in [1.29, 1.82) is 0 Å². The number of benzene rings is 2. The predicted octanol–water partition coefficient (Wildman–Crippen LogP) is 4.09. The third kappa shape index (κ3) is 3.26. The minimum atomic E-state index is -0.0867. The Balaban J connectivity index is 1.50. The summed E-state index contributed by atoms with van der Waals surface area (Å²) < 4.78 is 1.93. The number of nitrogens with zero attached hydrogens (tertiary/aromatic N) is 5. The van der Waals surface area contributed by atoms with Crippen molar-refractivity contribution in [2.24, 2.45) is 0 Å². The maximum Gasteiger partial charge on any atom is 0.261 e. The van der Waals surface area contributed by atoms with Crippen LogP contribution in [0.3, 0.4) is 0 Å². The number of aryl methyl sites for hydroxylation is 1. The van der Waals surface area contributed by atoms with Crippen molar-refractivity contribution in [3.05, 3.63) is 96.1 Å². The molecule has 2 aromatic heterocycles. The highest BCUT2D eigenvalue weighted by Crippen LogP contribution is 2.33. The van der Waals surface area contributed by atoms with Crippen LogP contribution in [0.1, 0.15) is 27.7 Å². The second-order valence-corrected chi connectivity index (χ2v) is 7.45. The Hall–Kier alpha value is -3.80. The molecule has 1 atom stereocenters. The molecule has 5 rings (SSSR count). The summed E-state index contributed by atoms with van der Waals surface area (Å²) in [6.07, 6.45) is 6.20. The molecule has 6 heteroatoms. The van der Waals surface area contributed by atoms with Crippen molar-refractivity contribution in [2.45, 2.75) is 19.4 Å². The van der Waals surface area contributed by atoms with E-state index >= 15 is 0 Å². The average Bonchev–Trinajstić information content (AvgIpc) is 3.33. The van der Waals surface area contributed by atoms with Gasteiger partial charge in [0.15, 0.2) is 5.82 Å². The van der Waals surface area contributed by atoms with Crippen molar-refractivity contribution in [3.63, 3.8) is 0 Å². The Morgan fingerprint density at radius 2 is 1.83 bits per heavy atom. The van der Waals surface area contributed by atoms with E-state index in [1.165, 1.54) is 0 Å². The first-order valence-electron chi connectivity index (χ1n) is 9.98. The zero-order valence-electron chi connectivity index (χ0n) is 16.6. The van der Waals surface area contributed by atoms with Crippen LogP contribution in [-0.4, -0.2) is 32.2 Å². The summed E-state index contributed by atoms with van der Waals surface area (Å²) in [5.74, 6) is 0.537. The Labute approximate surface area is 174 Å². The van der Waals surface area contributed by atoms with E-state index in [-0.39, 0.29) is 11.9 Å². The molecule has 0 bridgehead atoms. The summed E-state index contributed by atoms with van der Waals surface area (Å²) in [5, 5.41) is 4.40. The molecule has 0 fully saturated rings. The van der Waals surface area contributed by atoms with Crippen LogP contribution in [0, 0.1) is 6.92 Å². The van der Waals surface area contributed by atoms with Crippen LogP contribution in [-0.2, 0) is 6.42 Å². The Morgan fingerprint density at radius 1 is 1.03 bits per heavy atom. The molecule has 0 spiro atoms. The summed E-state index contributed by atoms with van der Waals surface area (Å²) in [7, 11) is 0. The highest BCUT2D eigenvalue weighted by Gasteiger charge is 2.31. The number of carbonyl (C=O) groups excluding carboxylic acids is 1. The molecule has 2 aromatic carbocycles. The van der Waals surface area contributed by atoms with Gasteiger partial charge in [0.1, 0.15) is 0 Å². The molecule has 0 saturated heterocycles. The minimum Gasteiger partial charge on any atom is -0.306 e. The molecule has 1 unspecified atom stereocenters. The van der Waals surface area contributed by atoms with E-state index in [1.54, 1.807) is 12.4 Å². The van der Waals surface area contributed by atoms with Crippen LogP contribution in [0.15, 0.2) is 79.3 Å². The lowest BCUT2D eigenvalue weighted by Gasteiger charge is -2.35. The van der Waals surface area contributed by atoms with Gasteiger partial charge >= 0.3 is 0 Å². The van der Waals surface area contributed by atoms with E-state index in [0.717, 1.165) is 23.2 Å². The van der Waals surface area contributed by atoms with Crippen LogP contribution in [0.2, 0.25) is 0 Å². The Kier molecular flexibility index (Phi) is 4.59. The van der Waals surface area contributed by atoms with Crippen LogP contribution in [0.4, 0.5) is 5.69 Å². The van der Waals surface area contributed by atoms with Crippen molar-refractivity contribution in [1.82, 2.24) is 19.7 Å². The van der Waals surface area contributed by atoms with Crippen LogP contribution in [0.25, 0.3) is 11.4 Å². The molecule has 148 valence electrons. The quantitative estimate of drug-likeness (QED) is 0.524. The lowest BCUT2D eigenvalue weighted by molar-refractivity contribution is 0.0978. The topological polar surface area (TPSA) is 63.9 Å². The summed E-state index contributed by atoms with van der Waals surface area (Å²) in [4.78, 5) is 24.5. The van der Waals surface area contributed by atoms with E-state index in [9.17, 15) is 4.79 Å². The van der Waals surface area contributed by atoms with Gasteiger partial charge in [-0.05, 0) is 31.0 Å². The van der Waals surface area contributed by atoms with Gasteiger partial charge in [0, 0.05) is 36.4 Å². The minimum absolute atomic E-state index is 0.0867. The van der Waals surface area contributed by atoms with Gasteiger partial charge in [-0.25, -0.2) is 9.97 Å². The number of carbonyl (C=O) groups is 1. The summed E-state index contributed by atoms with van der Waals surface area (Å²) in [6.45, 7) is 2.42. The molecule has 6 nitrogen and oxygen atoms in total. The van der Waals surface area contributed by atoms with Gasteiger partial charge in [0.25, 0.3) is 5.91 Å². The monoisotopic (exact) mass is 395 g/mol. The fourth-order valence-corrected chi connectivity index (χ4v) is 3.99. The number of amides is 1. The number of anilines is 1. The van der Waals surface area contributed by atoms with Gasteiger partial charge in [-0.2, -0.15) is 5.10 Å². The molecule has 0 N–H and O–H groups in total. The number of hydrogen-bond donors (Lipinski definition) is 0. The third-order valence-corrected chi connectivity index (χ3v) is 5.52. The zero-order chi connectivity index (χ0) is 20.5. The molecule has 1 aliphatic rings. The predicted molar refractivity (Wildman–Crippen MR) is 115 cm³/mol. The molecule has 1 amide bonds. The van der Waals surface area contributed by atoms with Crippen molar-refractivity contribution >= 4 is 11.6 Å². The number of aromatic nitrogens is 4. The number of para-hydroxylation sites is 1. The van der Waals surface area contributed by atoms with E-state index in [0.29, 0.717) is 23.6 Å². The smallest absolute Gasteiger partial charge is 0.261 e. The van der Waals surface area contributed by atoms with Gasteiger partial charge in [-0.1, -0.05) is 48.5 Å². The number of fused-ring (bicyclic) bond motifs is 1. The largest absolute Gasteiger partial charge is 0.306 e. The maximum atomic E-state index is 13.6. The molecule has 0 saturated carbocycles. The molecule has 30 heavy (non-hydrogen) atoms. The van der Waals surface area contributed by atoms with Gasteiger partial charge in [0.2, 0.25) is 0 Å². The van der Waals surface area contributed by atoms with Crippen LogP contribution < -0.4 is 4.90 Å². The highest BCUT2D eigenvalue weighted by atomic mass is 16.2. The molecule has 0 aliphatic carbocycles. The second kappa shape index (κ2) is 7.55. The fourth-order valence-electron chi connectivity index (χ4n) is 3.99. The van der Waals surface area contributed by atoms with E-state index in [4.69, 9.17) is 0 Å². The zero-order valence-corrected chi connectivity index (χ0v) is 16.6. The lowest BCUT2D eigenvalue weighted by atomic mass is 9.97. The molecule has 4 aromatic rings. The van der Waals surface area contributed by atoms with E-state index in [1.807, 2.05) is 77.3 Å². The highest BCUT2D eigenvalue weighted by molar-refractivity contribution is 6.07. The maximum absolute atomic E-state index is 13.6. The summed E-state index contributed by atoms with van der Waals surface area (Å²) in [6, 6.07) is 19.8. The normalized spacial score (nSPS) is 15.6. The third-order valence-electron chi connectivity index (χ3n) is 5.52.